The Morgan fingerprint density at radius 2 is 1.72 bits per heavy atom. The summed E-state index contributed by atoms with van der Waals surface area (Å²) in [4.78, 5) is 16.7. The Balaban J connectivity index is 1.48. The molecule has 2 aliphatic heterocycles. The molecule has 4 rings (SSSR count). The van der Waals surface area contributed by atoms with Crippen LogP contribution >= 0.6 is 0 Å². The largest absolute Gasteiger partial charge is 0.366 e. The normalized spacial score (nSPS) is 19.4. The van der Waals surface area contributed by atoms with E-state index in [0.717, 1.165) is 5.56 Å². The molecule has 0 saturated carbocycles. The first-order valence-corrected chi connectivity index (χ1v) is 11.5. The molecule has 0 aliphatic carbocycles. The molecule has 1 saturated heterocycles. The number of carbonyl (C=O) groups is 1. The Morgan fingerprint density at radius 3 is 2.38 bits per heavy atom. The van der Waals surface area contributed by atoms with Gasteiger partial charge in [-0.2, -0.15) is 0 Å². The van der Waals surface area contributed by atoms with Gasteiger partial charge in [-0.25, -0.2) is 12.8 Å². The van der Waals surface area contributed by atoms with E-state index in [1.54, 1.807) is 35.2 Å². The SMILES string of the molecule is C[C@H]1Cc2cc(C(=O)N3CCN(c4ccccc4F)CC3)ccc2N1S(C)(=O)=O. The van der Waals surface area contributed by atoms with Crippen molar-refractivity contribution in [1.82, 2.24) is 4.90 Å². The number of piperazine rings is 1. The molecule has 0 N–H and O–H groups in total. The van der Waals surface area contributed by atoms with E-state index in [0.29, 0.717) is 49.5 Å². The summed E-state index contributed by atoms with van der Waals surface area (Å²) in [5.74, 6) is -0.332. The third kappa shape index (κ3) is 3.69. The van der Waals surface area contributed by atoms with E-state index in [9.17, 15) is 17.6 Å². The summed E-state index contributed by atoms with van der Waals surface area (Å²) in [6.07, 6.45) is 1.79. The quantitative estimate of drug-likeness (QED) is 0.770. The Morgan fingerprint density at radius 1 is 1.03 bits per heavy atom. The fraction of sp³-hybridized carbons (Fsp3) is 0.381. The fourth-order valence-corrected chi connectivity index (χ4v) is 5.55. The van der Waals surface area contributed by atoms with Gasteiger partial charge in [-0.15, -0.1) is 0 Å². The van der Waals surface area contributed by atoms with Crippen molar-refractivity contribution in [3.05, 3.63) is 59.4 Å². The van der Waals surface area contributed by atoms with Crippen molar-refractivity contribution >= 4 is 27.3 Å². The highest BCUT2D eigenvalue weighted by atomic mass is 32.2. The molecule has 1 atom stereocenters. The number of nitrogens with zero attached hydrogens (tertiary/aromatic N) is 3. The lowest BCUT2D eigenvalue weighted by Crippen LogP contribution is -2.49. The van der Waals surface area contributed by atoms with Crippen LogP contribution in [-0.4, -0.2) is 57.7 Å². The van der Waals surface area contributed by atoms with Crippen LogP contribution in [0.4, 0.5) is 15.8 Å². The molecule has 8 heteroatoms. The summed E-state index contributed by atoms with van der Waals surface area (Å²) in [6.45, 7) is 4.02. The number of sulfonamides is 1. The van der Waals surface area contributed by atoms with Gasteiger partial charge in [0.1, 0.15) is 5.82 Å². The van der Waals surface area contributed by atoms with Crippen molar-refractivity contribution in [2.45, 2.75) is 19.4 Å². The van der Waals surface area contributed by atoms with E-state index < -0.39 is 10.0 Å². The molecule has 154 valence electrons. The summed E-state index contributed by atoms with van der Waals surface area (Å²) in [5.41, 5.74) is 2.65. The van der Waals surface area contributed by atoms with E-state index in [2.05, 4.69) is 0 Å². The number of rotatable bonds is 3. The zero-order valence-electron chi connectivity index (χ0n) is 16.5. The van der Waals surface area contributed by atoms with Crippen LogP contribution in [0.15, 0.2) is 42.5 Å². The number of carbonyl (C=O) groups excluding carboxylic acids is 1. The Bertz CT molecular complexity index is 1050. The van der Waals surface area contributed by atoms with Gasteiger partial charge in [0.15, 0.2) is 0 Å². The third-order valence-corrected chi connectivity index (χ3v) is 6.87. The third-order valence-electron chi connectivity index (χ3n) is 5.60. The molecular formula is C21H24FN3O3S. The highest BCUT2D eigenvalue weighted by molar-refractivity contribution is 7.92. The van der Waals surface area contributed by atoms with Gasteiger partial charge in [0.25, 0.3) is 5.91 Å². The first-order chi connectivity index (χ1) is 13.8. The van der Waals surface area contributed by atoms with E-state index in [-0.39, 0.29) is 17.8 Å². The molecule has 29 heavy (non-hydrogen) atoms. The number of para-hydroxylation sites is 1. The molecule has 2 aromatic rings. The molecule has 1 fully saturated rings. The predicted octanol–water partition coefficient (Wildman–Crippen LogP) is 2.50. The second-order valence-corrected chi connectivity index (χ2v) is 9.55. The minimum atomic E-state index is -3.35. The van der Waals surface area contributed by atoms with Crippen LogP contribution < -0.4 is 9.21 Å². The zero-order valence-corrected chi connectivity index (χ0v) is 17.3. The number of hydrogen-bond donors (Lipinski definition) is 0. The average Bonchev–Trinajstić information content (AvgIpc) is 3.03. The zero-order chi connectivity index (χ0) is 20.8. The van der Waals surface area contributed by atoms with E-state index in [1.165, 1.54) is 16.6 Å². The maximum absolute atomic E-state index is 14.0. The van der Waals surface area contributed by atoms with E-state index in [1.807, 2.05) is 17.9 Å². The summed E-state index contributed by atoms with van der Waals surface area (Å²) in [5, 5.41) is 0. The first-order valence-electron chi connectivity index (χ1n) is 9.67. The Kier molecular flexibility index (Phi) is 4.98. The second-order valence-electron chi connectivity index (χ2n) is 7.69. The number of hydrogen-bond acceptors (Lipinski definition) is 4. The minimum absolute atomic E-state index is 0.0774. The molecule has 2 aromatic carbocycles. The Hall–Kier alpha value is -2.61. The van der Waals surface area contributed by atoms with Crippen LogP contribution in [-0.2, 0) is 16.4 Å². The van der Waals surface area contributed by atoms with Crippen LogP contribution in [0.1, 0.15) is 22.8 Å². The van der Waals surface area contributed by atoms with Gasteiger partial charge >= 0.3 is 0 Å². The number of amides is 1. The molecule has 2 aliphatic rings. The lowest BCUT2D eigenvalue weighted by atomic mass is 10.1. The van der Waals surface area contributed by atoms with Gasteiger partial charge in [0.2, 0.25) is 10.0 Å². The number of fused-ring (bicyclic) bond motifs is 1. The molecule has 0 aromatic heterocycles. The average molecular weight is 418 g/mol. The van der Waals surface area contributed by atoms with Gasteiger partial charge in [0.05, 0.1) is 17.6 Å². The predicted molar refractivity (Wildman–Crippen MR) is 111 cm³/mol. The topological polar surface area (TPSA) is 60.9 Å². The standard InChI is InChI=1S/C21H24FN3O3S/c1-15-13-17-14-16(7-8-19(17)25(15)29(2,27)28)21(26)24-11-9-23(10-12-24)20-6-4-3-5-18(20)22/h3-8,14-15H,9-13H2,1-2H3/t15-/m0/s1. The van der Waals surface area contributed by atoms with Crippen LogP contribution in [0.3, 0.4) is 0 Å². The van der Waals surface area contributed by atoms with Gasteiger partial charge in [-0.1, -0.05) is 12.1 Å². The van der Waals surface area contributed by atoms with Crippen molar-refractivity contribution in [3.8, 4) is 0 Å². The Labute approximate surface area is 170 Å². The number of benzene rings is 2. The van der Waals surface area contributed by atoms with E-state index in [4.69, 9.17) is 0 Å². The monoisotopic (exact) mass is 417 g/mol. The second kappa shape index (κ2) is 7.33. The van der Waals surface area contributed by atoms with Crippen LogP contribution in [0.25, 0.3) is 0 Å². The van der Waals surface area contributed by atoms with Crippen molar-refractivity contribution in [2.24, 2.45) is 0 Å². The molecule has 0 spiro atoms. The molecular weight excluding hydrogens is 393 g/mol. The highest BCUT2D eigenvalue weighted by Crippen LogP contribution is 2.35. The molecule has 0 unspecified atom stereocenters. The van der Waals surface area contributed by atoms with Gasteiger partial charge in [-0.05, 0) is 49.2 Å². The molecule has 0 radical (unpaired) electrons. The van der Waals surface area contributed by atoms with Crippen LogP contribution in [0.5, 0.6) is 0 Å². The van der Waals surface area contributed by atoms with Crippen LogP contribution in [0.2, 0.25) is 0 Å². The molecule has 1 amide bonds. The van der Waals surface area contributed by atoms with Crippen molar-refractivity contribution in [2.75, 3.05) is 41.6 Å². The highest BCUT2D eigenvalue weighted by Gasteiger charge is 2.33. The summed E-state index contributed by atoms with van der Waals surface area (Å²) in [6, 6.07) is 11.7. The maximum Gasteiger partial charge on any atom is 0.253 e. The van der Waals surface area contributed by atoms with Crippen LogP contribution in [0, 0.1) is 5.82 Å². The van der Waals surface area contributed by atoms with Crippen molar-refractivity contribution < 1.29 is 17.6 Å². The minimum Gasteiger partial charge on any atom is -0.366 e. The fourth-order valence-electron chi connectivity index (χ4n) is 4.28. The van der Waals surface area contributed by atoms with Gasteiger partial charge in [-0.3, -0.25) is 9.10 Å². The molecule has 6 nitrogen and oxygen atoms in total. The number of halogens is 1. The molecule has 0 bridgehead atoms. The lowest BCUT2D eigenvalue weighted by molar-refractivity contribution is 0.0746. The smallest absolute Gasteiger partial charge is 0.253 e. The first kappa shape index (κ1) is 19.7. The van der Waals surface area contributed by atoms with Gasteiger partial charge in [0, 0.05) is 37.8 Å². The summed E-state index contributed by atoms with van der Waals surface area (Å²) >= 11 is 0. The van der Waals surface area contributed by atoms with Gasteiger partial charge < -0.3 is 9.80 Å². The summed E-state index contributed by atoms with van der Waals surface area (Å²) < 4.78 is 39.5. The summed E-state index contributed by atoms with van der Waals surface area (Å²) in [7, 11) is -3.35. The van der Waals surface area contributed by atoms with Crippen molar-refractivity contribution in [1.29, 1.82) is 0 Å². The lowest BCUT2D eigenvalue weighted by Gasteiger charge is -2.36. The van der Waals surface area contributed by atoms with Crippen molar-refractivity contribution in [3.63, 3.8) is 0 Å². The van der Waals surface area contributed by atoms with E-state index >= 15 is 0 Å². The molecule has 2 heterocycles. The maximum atomic E-state index is 14.0. The number of anilines is 2.